The molecule has 0 saturated carbocycles. The summed E-state index contributed by atoms with van der Waals surface area (Å²) in [5, 5.41) is 2.78. The highest BCUT2D eigenvalue weighted by atomic mass is 79.9. The Morgan fingerprint density at radius 1 is 1.56 bits per heavy atom. The Bertz CT molecular complexity index is 371. The first-order valence-electron chi connectivity index (χ1n) is 4.82. The third kappa shape index (κ3) is 4.02. The van der Waals surface area contributed by atoms with Crippen LogP contribution in [0.4, 0.5) is 0 Å². The van der Waals surface area contributed by atoms with Crippen LogP contribution in [-0.2, 0) is 11.3 Å². The van der Waals surface area contributed by atoms with Crippen LogP contribution in [0, 0.1) is 0 Å². The van der Waals surface area contributed by atoms with E-state index >= 15 is 0 Å². The molecule has 1 aromatic rings. The lowest BCUT2D eigenvalue weighted by atomic mass is 10.2. The summed E-state index contributed by atoms with van der Waals surface area (Å²) < 4.78 is 6.15. The minimum atomic E-state index is -0.0583. The normalized spacial score (nSPS) is 9.94. The number of ether oxygens (including phenoxy) is 1. The molecule has 3 nitrogen and oxygen atoms in total. The van der Waals surface area contributed by atoms with Gasteiger partial charge in [-0.2, -0.15) is 0 Å². The van der Waals surface area contributed by atoms with Crippen LogP contribution < -0.4 is 10.1 Å². The van der Waals surface area contributed by atoms with E-state index in [4.69, 9.17) is 16.3 Å². The molecule has 0 aromatic heterocycles. The van der Waals surface area contributed by atoms with Crippen LogP contribution in [0.3, 0.4) is 0 Å². The third-order valence-corrected chi connectivity index (χ3v) is 2.72. The highest BCUT2D eigenvalue weighted by Gasteiger charge is 2.05. The third-order valence-electron chi connectivity index (χ3n) is 2.04. The van der Waals surface area contributed by atoms with E-state index in [9.17, 15) is 4.79 Å². The van der Waals surface area contributed by atoms with Gasteiger partial charge in [0.15, 0.2) is 0 Å². The molecule has 5 heteroatoms. The molecular weight excluding hydrogens is 293 g/mol. The number of benzene rings is 1. The van der Waals surface area contributed by atoms with Gasteiger partial charge >= 0.3 is 0 Å². The maximum atomic E-state index is 11.3. The van der Waals surface area contributed by atoms with Gasteiger partial charge < -0.3 is 10.1 Å². The molecule has 0 aliphatic carbocycles. The quantitative estimate of drug-likeness (QED) is 0.850. The molecule has 0 aliphatic heterocycles. The van der Waals surface area contributed by atoms with Crippen LogP contribution >= 0.6 is 27.5 Å². The molecule has 1 amide bonds. The average molecular weight is 307 g/mol. The van der Waals surface area contributed by atoms with Gasteiger partial charge in [-0.1, -0.05) is 15.9 Å². The zero-order valence-electron chi connectivity index (χ0n) is 8.93. The second-order valence-electron chi connectivity index (χ2n) is 3.17. The molecule has 0 spiro atoms. The molecule has 88 valence electrons. The molecule has 0 heterocycles. The summed E-state index contributed by atoms with van der Waals surface area (Å²) in [4.78, 5) is 11.3. The molecule has 0 atom stereocenters. The van der Waals surface area contributed by atoms with Crippen molar-refractivity contribution in [2.75, 3.05) is 13.0 Å². The zero-order valence-corrected chi connectivity index (χ0v) is 11.3. The lowest BCUT2D eigenvalue weighted by Crippen LogP contribution is -2.23. The molecule has 0 unspecified atom stereocenters. The van der Waals surface area contributed by atoms with E-state index in [-0.39, 0.29) is 5.91 Å². The fraction of sp³-hybridized carbons (Fsp3) is 0.364. The van der Waals surface area contributed by atoms with Gasteiger partial charge in [0.25, 0.3) is 0 Å². The molecule has 1 aromatic carbocycles. The number of methoxy groups -OCH3 is 1. The van der Waals surface area contributed by atoms with Crippen molar-refractivity contribution in [2.45, 2.75) is 13.0 Å². The number of carbonyl (C=O) groups excluding carboxylic acids is 1. The van der Waals surface area contributed by atoms with Gasteiger partial charge in [-0.25, -0.2) is 0 Å². The Morgan fingerprint density at radius 2 is 2.31 bits per heavy atom. The number of alkyl halides is 1. The van der Waals surface area contributed by atoms with Crippen molar-refractivity contribution in [2.24, 2.45) is 0 Å². The highest BCUT2D eigenvalue weighted by Crippen LogP contribution is 2.22. The fourth-order valence-electron chi connectivity index (χ4n) is 1.25. The second kappa shape index (κ2) is 6.76. The van der Waals surface area contributed by atoms with Crippen molar-refractivity contribution in [1.82, 2.24) is 5.32 Å². The Morgan fingerprint density at radius 3 is 2.94 bits per heavy atom. The van der Waals surface area contributed by atoms with Gasteiger partial charge in [-0.05, 0) is 18.2 Å². The molecule has 0 bridgehead atoms. The Labute approximate surface area is 108 Å². The minimum Gasteiger partial charge on any atom is -0.496 e. The Kier molecular flexibility index (Phi) is 5.63. The molecule has 16 heavy (non-hydrogen) atoms. The molecule has 0 fully saturated rings. The first kappa shape index (κ1) is 13.3. The number of hydrogen-bond donors (Lipinski definition) is 1. The monoisotopic (exact) mass is 305 g/mol. The largest absolute Gasteiger partial charge is 0.496 e. The number of halogens is 2. The number of nitrogens with one attached hydrogen (secondary N) is 1. The summed E-state index contributed by atoms with van der Waals surface area (Å²) >= 11 is 8.84. The lowest BCUT2D eigenvalue weighted by Gasteiger charge is -2.09. The molecule has 1 rings (SSSR count). The fourth-order valence-corrected chi connectivity index (χ4v) is 1.83. The van der Waals surface area contributed by atoms with Gasteiger partial charge in [0.2, 0.25) is 5.91 Å². The Hall–Kier alpha value is -0.740. The first-order valence-corrected chi connectivity index (χ1v) is 6.15. The summed E-state index contributed by atoms with van der Waals surface area (Å²) in [6.45, 7) is 0.443. The van der Waals surface area contributed by atoms with E-state index in [1.165, 1.54) is 0 Å². The molecule has 1 N–H and O–H groups in total. The molecular formula is C11H13BrClNO2. The Balaban J connectivity index is 2.65. The number of amides is 1. The van der Waals surface area contributed by atoms with E-state index in [1.54, 1.807) is 7.11 Å². The van der Waals surface area contributed by atoms with Crippen molar-refractivity contribution in [3.05, 3.63) is 28.2 Å². The van der Waals surface area contributed by atoms with Gasteiger partial charge in [0.1, 0.15) is 5.75 Å². The minimum absolute atomic E-state index is 0.0583. The maximum absolute atomic E-state index is 11.3. The molecule has 0 saturated heterocycles. The number of carbonyl (C=O) groups is 1. The van der Waals surface area contributed by atoms with Crippen molar-refractivity contribution in [3.63, 3.8) is 0 Å². The van der Waals surface area contributed by atoms with Gasteiger partial charge in [-0.15, -0.1) is 11.6 Å². The van der Waals surface area contributed by atoms with Crippen LogP contribution in [0.25, 0.3) is 0 Å². The van der Waals surface area contributed by atoms with E-state index in [2.05, 4.69) is 21.2 Å². The maximum Gasteiger partial charge on any atom is 0.221 e. The van der Waals surface area contributed by atoms with Crippen LogP contribution in [0.15, 0.2) is 22.7 Å². The summed E-state index contributed by atoms with van der Waals surface area (Å²) in [5.74, 6) is 1.04. The topological polar surface area (TPSA) is 38.3 Å². The highest BCUT2D eigenvalue weighted by molar-refractivity contribution is 9.10. The SMILES string of the molecule is COc1ccc(Br)cc1CNC(=O)CCCl. The van der Waals surface area contributed by atoms with Crippen molar-refractivity contribution in [1.29, 1.82) is 0 Å². The van der Waals surface area contributed by atoms with E-state index in [0.717, 1.165) is 15.8 Å². The first-order chi connectivity index (χ1) is 7.67. The smallest absolute Gasteiger partial charge is 0.221 e. The van der Waals surface area contributed by atoms with E-state index in [0.29, 0.717) is 18.8 Å². The lowest BCUT2D eigenvalue weighted by molar-refractivity contribution is -0.120. The predicted molar refractivity (Wildman–Crippen MR) is 67.9 cm³/mol. The van der Waals surface area contributed by atoms with E-state index < -0.39 is 0 Å². The van der Waals surface area contributed by atoms with Crippen LogP contribution in [-0.4, -0.2) is 18.9 Å². The predicted octanol–water partition coefficient (Wildman–Crippen LogP) is 2.70. The van der Waals surface area contributed by atoms with Crippen molar-refractivity contribution < 1.29 is 9.53 Å². The van der Waals surface area contributed by atoms with Gasteiger partial charge in [0.05, 0.1) is 7.11 Å². The van der Waals surface area contributed by atoms with Gasteiger partial charge in [-0.3, -0.25) is 4.79 Å². The summed E-state index contributed by atoms with van der Waals surface area (Å²) in [5.41, 5.74) is 0.930. The number of hydrogen-bond acceptors (Lipinski definition) is 2. The molecule has 0 radical (unpaired) electrons. The zero-order chi connectivity index (χ0) is 12.0. The van der Waals surface area contributed by atoms with E-state index in [1.807, 2.05) is 18.2 Å². The van der Waals surface area contributed by atoms with Crippen LogP contribution in [0.1, 0.15) is 12.0 Å². The summed E-state index contributed by atoms with van der Waals surface area (Å²) in [7, 11) is 1.60. The van der Waals surface area contributed by atoms with Crippen LogP contribution in [0.5, 0.6) is 5.75 Å². The average Bonchev–Trinajstić information content (AvgIpc) is 2.27. The number of rotatable bonds is 5. The summed E-state index contributed by atoms with van der Waals surface area (Å²) in [6.07, 6.45) is 0.331. The van der Waals surface area contributed by atoms with Gasteiger partial charge in [0, 0.05) is 28.9 Å². The van der Waals surface area contributed by atoms with Crippen molar-refractivity contribution >= 4 is 33.4 Å². The molecule has 0 aliphatic rings. The summed E-state index contributed by atoms with van der Waals surface area (Å²) in [6, 6.07) is 5.66. The van der Waals surface area contributed by atoms with Crippen molar-refractivity contribution in [3.8, 4) is 5.75 Å². The van der Waals surface area contributed by atoms with Crippen LogP contribution in [0.2, 0.25) is 0 Å². The second-order valence-corrected chi connectivity index (χ2v) is 4.47. The standard InChI is InChI=1S/C11H13BrClNO2/c1-16-10-3-2-9(12)6-8(10)7-14-11(15)4-5-13/h2-3,6H,4-5,7H2,1H3,(H,14,15).